The quantitative estimate of drug-likeness (QED) is 0.228. The van der Waals surface area contributed by atoms with Crippen molar-refractivity contribution in [2.75, 3.05) is 7.11 Å². The molecule has 8 heteroatoms. The maximum Gasteiger partial charge on any atom is 0.315 e. The van der Waals surface area contributed by atoms with Crippen molar-refractivity contribution in [3.63, 3.8) is 0 Å². The average molecular weight is 533 g/mol. The van der Waals surface area contributed by atoms with Crippen LogP contribution in [0.15, 0.2) is 84.9 Å². The monoisotopic (exact) mass is 532 g/mol. The van der Waals surface area contributed by atoms with Gasteiger partial charge in [0.1, 0.15) is 17.6 Å². The highest BCUT2D eigenvalue weighted by atomic mass is 16.5. The van der Waals surface area contributed by atoms with Crippen molar-refractivity contribution in [2.24, 2.45) is 5.73 Å². The Morgan fingerprint density at radius 2 is 1.54 bits per heavy atom. The Hall–Kier alpha value is -3.72. The number of aliphatic hydroxyl groups excluding tert-OH is 1. The van der Waals surface area contributed by atoms with Crippen molar-refractivity contribution in [2.45, 2.75) is 63.0 Å². The predicted molar refractivity (Wildman–Crippen MR) is 153 cm³/mol. The van der Waals surface area contributed by atoms with E-state index < -0.39 is 29.8 Å². The fourth-order valence-electron chi connectivity index (χ4n) is 4.57. The number of urea groups is 1. The predicted octanol–water partition coefficient (Wildman–Crippen LogP) is 3.28. The molecule has 0 saturated carbocycles. The van der Waals surface area contributed by atoms with Gasteiger partial charge in [0.15, 0.2) is 0 Å². The number of rotatable bonds is 12. The number of ether oxygens (including phenoxy) is 1. The summed E-state index contributed by atoms with van der Waals surface area (Å²) in [5, 5.41) is 21.0. The first kappa shape index (κ1) is 29.8. The van der Waals surface area contributed by atoms with Crippen LogP contribution in [0.5, 0.6) is 5.75 Å². The van der Waals surface area contributed by atoms with Gasteiger partial charge in [0.2, 0.25) is 0 Å². The Bertz CT molecular complexity index is 1180. The molecular weight excluding hydrogens is 492 g/mol. The number of benzene rings is 3. The van der Waals surface area contributed by atoms with E-state index >= 15 is 0 Å². The summed E-state index contributed by atoms with van der Waals surface area (Å²) < 4.78 is 5.27. The first-order valence-corrected chi connectivity index (χ1v) is 13.0. The molecule has 2 amide bonds. The molecule has 8 nitrogen and oxygen atoms in total. The van der Waals surface area contributed by atoms with Crippen LogP contribution in [-0.2, 0) is 23.3 Å². The maximum atomic E-state index is 13.1. The van der Waals surface area contributed by atoms with Gasteiger partial charge in [0.05, 0.1) is 19.3 Å². The van der Waals surface area contributed by atoms with E-state index in [-0.39, 0.29) is 12.1 Å². The Morgan fingerprint density at radius 3 is 2.08 bits per heavy atom. The van der Waals surface area contributed by atoms with Gasteiger partial charge in [-0.1, -0.05) is 72.8 Å². The van der Waals surface area contributed by atoms with Gasteiger partial charge in [-0.3, -0.25) is 0 Å². The Balaban J connectivity index is 1.95. The number of aldehydes is 1. The summed E-state index contributed by atoms with van der Waals surface area (Å²) in [6.07, 6.45) is -0.241. The lowest BCUT2D eigenvalue weighted by Crippen LogP contribution is -2.68. The van der Waals surface area contributed by atoms with Crippen LogP contribution >= 0.6 is 0 Å². The molecule has 208 valence electrons. The summed E-state index contributed by atoms with van der Waals surface area (Å²) in [6, 6.07) is 23.5. The van der Waals surface area contributed by atoms with Gasteiger partial charge < -0.3 is 36.3 Å². The topological polar surface area (TPSA) is 126 Å². The largest absolute Gasteiger partial charge is 0.497 e. The normalized spacial score (nSPS) is 15.3. The minimum Gasteiger partial charge on any atom is -0.497 e. The molecule has 0 heterocycles. The smallest absolute Gasteiger partial charge is 0.315 e. The first-order valence-electron chi connectivity index (χ1n) is 13.0. The van der Waals surface area contributed by atoms with Gasteiger partial charge in [-0.05, 0) is 56.0 Å². The van der Waals surface area contributed by atoms with Gasteiger partial charge in [0.25, 0.3) is 0 Å². The lowest BCUT2D eigenvalue weighted by atomic mass is 9.79. The molecule has 0 radical (unpaired) electrons. The Kier molecular flexibility index (Phi) is 10.2. The van der Waals surface area contributed by atoms with E-state index in [1.54, 1.807) is 31.4 Å². The van der Waals surface area contributed by atoms with Crippen molar-refractivity contribution in [1.82, 2.24) is 16.0 Å². The number of nitrogens with two attached hydrogens (primary N) is 1. The molecule has 39 heavy (non-hydrogen) atoms. The number of hydrogen-bond acceptors (Lipinski definition) is 6. The zero-order chi connectivity index (χ0) is 28.5. The van der Waals surface area contributed by atoms with E-state index in [0.717, 1.165) is 16.9 Å². The van der Waals surface area contributed by atoms with Crippen LogP contribution in [0.25, 0.3) is 0 Å². The molecule has 4 unspecified atom stereocenters. The molecular formula is C31H40N4O4. The number of carbonyl (C=O) groups excluding carboxylic acids is 2. The van der Waals surface area contributed by atoms with Crippen LogP contribution in [0.2, 0.25) is 0 Å². The number of nitrogens with one attached hydrogen (secondary N) is 3. The molecule has 0 aliphatic heterocycles. The van der Waals surface area contributed by atoms with E-state index in [2.05, 4.69) is 16.0 Å². The zero-order valence-corrected chi connectivity index (χ0v) is 23.1. The summed E-state index contributed by atoms with van der Waals surface area (Å²) in [5.74, 6) is 0.722. The second kappa shape index (κ2) is 13.4. The number of methoxy groups -OCH3 is 1. The summed E-state index contributed by atoms with van der Waals surface area (Å²) in [5.41, 5.74) is 6.98. The molecule has 0 bridgehead atoms. The van der Waals surface area contributed by atoms with Crippen molar-refractivity contribution >= 4 is 12.3 Å². The lowest BCUT2D eigenvalue weighted by molar-refractivity contribution is -0.115. The van der Waals surface area contributed by atoms with Crippen LogP contribution in [-0.4, -0.2) is 48.3 Å². The van der Waals surface area contributed by atoms with Gasteiger partial charge in [-0.25, -0.2) is 4.79 Å². The Labute approximate surface area is 231 Å². The van der Waals surface area contributed by atoms with E-state index in [9.17, 15) is 14.7 Å². The number of carbonyl (C=O) groups is 2. The minimum absolute atomic E-state index is 0.273. The third-order valence-corrected chi connectivity index (χ3v) is 6.55. The van der Waals surface area contributed by atoms with Crippen LogP contribution in [0.4, 0.5) is 4.79 Å². The maximum absolute atomic E-state index is 13.1. The fourth-order valence-corrected chi connectivity index (χ4v) is 4.57. The number of hydrogen-bond donors (Lipinski definition) is 5. The van der Waals surface area contributed by atoms with Crippen molar-refractivity contribution in [3.05, 3.63) is 102 Å². The van der Waals surface area contributed by atoms with Gasteiger partial charge in [-0.15, -0.1) is 0 Å². The molecule has 0 aliphatic rings. The first-order chi connectivity index (χ1) is 18.6. The molecule has 4 atom stereocenters. The molecule has 6 N–H and O–H groups in total. The van der Waals surface area contributed by atoms with E-state index in [4.69, 9.17) is 10.5 Å². The zero-order valence-electron chi connectivity index (χ0n) is 23.1. The van der Waals surface area contributed by atoms with E-state index in [1.165, 1.54) is 0 Å². The molecule has 0 saturated heterocycles. The van der Waals surface area contributed by atoms with Crippen LogP contribution < -0.4 is 26.4 Å². The summed E-state index contributed by atoms with van der Waals surface area (Å²) >= 11 is 0. The summed E-state index contributed by atoms with van der Waals surface area (Å²) in [4.78, 5) is 25.8. The van der Waals surface area contributed by atoms with Crippen LogP contribution in [0.1, 0.15) is 37.5 Å². The second-order valence-electron chi connectivity index (χ2n) is 10.8. The Morgan fingerprint density at radius 1 is 0.949 bits per heavy atom. The fraction of sp³-hybridized carbons (Fsp3) is 0.355. The lowest BCUT2D eigenvalue weighted by Gasteiger charge is -2.41. The molecule has 0 spiro atoms. The van der Waals surface area contributed by atoms with E-state index in [0.29, 0.717) is 18.3 Å². The molecule has 3 aromatic rings. The van der Waals surface area contributed by atoms with E-state index in [1.807, 2.05) is 81.4 Å². The molecule has 3 rings (SSSR count). The standard InChI is InChI=1S/C31H40N4O4/c1-30(2,3)35-26(19-22-15-17-25(39-4)18-16-22)27(37)28(31(32,21-36)24-13-9-6-10-14-24)34-29(38)33-20-23-11-7-5-8-12-23/h5-18,21,26-28,35,37H,19-20,32H2,1-4H3,(H2,33,34,38). The molecule has 0 fully saturated rings. The highest BCUT2D eigenvalue weighted by molar-refractivity contribution is 5.77. The summed E-state index contributed by atoms with van der Waals surface area (Å²) in [7, 11) is 1.60. The summed E-state index contributed by atoms with van der Waals surface area (Å²) in [6.45, 7) is 6.24. The van der Waals surface area contributed by atoms with Gasteiger partial charge in [0, 0.05) is 18.1 Å². The van der Waals surface area contributed by atoms with Crippen LogP contribution in [0.3, 0.4) is 0 Å². The number of aliphatic hydroxyl groups is 1. The highest BCUT2D eigenvalue weighted by Gasteiger charge is 2.45. The molecule has 3 aromatic carbocycles. The van der Waals surface area contributed by atoms with Crippen molar-refractivity contribution in [1.29, 1.82) is 0 Å². The number of amides is 2. The van der Waals surface area contributed by atoms with Gasteiger partial charge >= 0.3 is 6.03 Å². The van der Waals surface area contributed by atoms with Gasteiger partial charge in [-0.2, -0.15) is 0 Å². The second-order valence-corrected chi connectivity index (χ2v) is 10.8. The molecule has 0 aromatic heterocycles. The van der Waals surface area contributed by atoms with Crippen molar-refractivity contribution in [3.8, 4) is 5.75 Å². The highest BCUT2D eigenvalue weighted by Crippen LogP contribution is 2.26. The van der Waals surface area contributed by atoms with Crippen LogP contribution in [0, 0.1) is 0 Å². The third-order valence-electron chi connectivity index (χ3n) is 6.55. The van der Waals surface area contributed by atoms with Crippen molar-refractivity contribution < 1.29 is 19.4 Å². The third kappa shape index (κ3) is 8.38. The SMILES string of the molecule is COc1ccc(CC(NC(C)(C)C)C(O)C(NC(=O)NCc2ccccc2)C(N)(C=O)c2ccccc2)cc1. The average Bonchev–Trinajstić information content (AvgIpc) is 2.94. The molecule has 0 aliphatic carbocycles. The minimum atomic E-state index is -1.71.